The Morgan fingerprint density at radius 1 is 1.11 bits per heavy atom. The van der Waals surface area contributed by atoms with Crippen molar-refractivity contribution in [2.24, 2.45) is 5.41 Å². The minimum Gasteiger partial charge on any atom is -0.348 e. The molecule has 0 spiro atoms. The largest absolute Gasteiger partial charge is 0.348 e. The van der Waals surface area contributed by atoms with E-state index in [1.54, 1.807) is 6.08 Å². The van der Waals surface area contributed by atoms with E-state index in [4.69, 9.17) is 0 Å². The SMILES string of the molecule is CC(C)(C)CC(C)(C)NC(=O)/C=C/c1ccccc1. The molecule has 1 rings (SSSR count). The Morgan fingerprint density at radius 2 is 1.68 bits per heavy atom. The van der Waals surface area contributed by atoms with Crippen LogP contribution in [0.4, 0.5) is 0 Å². The summed E-state index contributed by atoms with van der Waals surface area (Å²) in [6.45, 7) is 10.7. The normalized spacial score (nSPS) is 12.7. The maximum Gasteiger partial charge on any atom is 0.244 e. The average Bonchev–Trinajstić information content (AvgIpc) is 2.23. The molecule has 1 aromatic rings. The number of rotatable bonds is 4. The molecule has 1 amide bonds. The molecule has 0 fully saturated rings. The highest BCUT2D eigenvalue weighted by molar-refractivity contribution is 5.92. The molecule has 0 saturated carbocycles. The molecule has 0 saturated heterocycles. The van der Waals surface area contributed by atoms with Crippen molar-refractivity contribution in [1.29, 1.82) is 0 Å². The zero-order chi connectivity index (χ0) is 14.5. The first kappa shape index (κ1) is 15.5. The molecule has 19 heavy (non-hydrogen) atoms. The number of benzene rings is 1. The number of amides is 1. The quantitative estimate of drug-likeness (QED) is 0.813. The monoisotopic (exact) mass is 259 g/mol. The Labute approximate surface area is 116 Å². The van der Waals surface area contributed by atoms with Crippen LogP contribution in [-0.4, -0.2) is 11.4 Å². The third-order valence-electron chi connectivity index (χ3n) is 2.66. The summed E-state index contributed by atoms with van der Waals surface area (Å²) >= 11 is 0. The van der Waals surface area contributed by atoms with Crippen molar-refractivity contribution in [2.75, 3.05) is 0 Å². The van der Waals surface area contributed by atoms with Gasteiger partial charge < -0.3 is 5.32 Å². The second-order valence-corrected chi connectivity index (χ2v) is 6.85. The highest BCUT2D eigenvalue weighted by atomic mass is 16.1. The average molecular weight is 259 g/mol. The summed E-state index contributed by atoms with van der Waals surface area (Å²) in [6, 6.07) is 9.83. The summed E-state index contributed by atoms with van der Waals surface area (Å²) in [6.07, 6.45) is 4.37. The molecule has 2 nitrogen and oxygen atoms in total. The second kappa shape index (κ2) is 6.05. The Hall–Kier alpha value is -1.57. The minimum atomic E-state index is -0.198. The van der Waals surface area contributed by atoms with Gasteiger partial charge >= 0.3 is 0 Å². The van der Waals surface area contributed by atoms with Gasteiger partial charge in [-0.05, 0) is 37.3 Å². The molecular weight excluding hydrogens is 234 g/mol. The van der Waals surface area contributed by atoms with Crippen molar-refractivity contribution >= 4 is 12.0 Å². The van der Waals surface area contributed by atoms with Crippen LogP contribution in [0, 0.1) is 5.41 Å². The van der Waals surface area contributed by atoms with Crippen molar-refractivity contribution in [2.45, 2.75) is 46.6 Å². The van der Waals surface area contributed by atoms with Gasteiger partial charge in [0.05, 0.1) is 0 Å². The van der Waals surface area contributed by atoms with Crippen molar-refractivity contribution in [3.8, 4) is 0 Å². The molecule has 0 atom stereocenters. The fourth-order valence-corrected chi connectivity index (χ4v) is 2.48. The minimum absolute atomic E-state index is 0.0434. The number of carbonyl (C=O) groups excluding carboxylic acids is 1. The van der Waals surface area contributed by atoms with Gasteiger partial charge in [0, 0.05) is 11.6 Å². The summed E-state index contributed by atoms with van der Waals surface area (Å²) in [5.41, 5.74) is 1.03. The van der Waals surface area contributed by atoms with E-state index < -0.39 is 0 Å². The van der Waals surface area contributed by atoms with Crippen molar-refractivity contribution in [3.63, 3.8) is 0 Å². The highest BCUT2D eigenvalue weighted by Crippen LogP contribution is 2.26. The van der Waals surface area contributed by atoms with Crippen LogP contribution in [0.3, 0.4) is 0 Å². The van der Waals surface area contributed by atoms with Crippen LogP contribution in [0.25, 0.3) is 6.08 Å². The van der Waals surface area contributed by atoms with Crippen molar-refractivity contribution in [1.82, 2.24) is 5.32 Å². The van der Waals surface area contributed by atoms with Crippen molar-refractivity contribution in [3.05, 3.63) is 42.0 Å². The van der Waals surface area contributed by atoms with Gasteiger partial charge in [0.2, 0.25) is 5.91 Å². The van der Waals surface area contributed by atoms with Crippen LogP contribution < -0.4 is 5.32 Å². The van der Waals surface area contributed by atoms with E-state index in [1.165, 1.54) is 0 Å². The predicted molar refractivity (Wildman–Crippen MR) is 81.8 cm³/mol. The molecule has 0 aromatic heterocycles. The summed E-state index contributed by atoms with van der Waals surface area (Å²) in [7, 11) is 0. The number of hydrogen-bond acceptors (Lipinski definition) is 1. The number of hydrogen-bond donors (Lipinski definition) is 1. The van der Waals surface area contributed by atoms with E-state index in [0.29, 0.717) is 0 Å². The topological polar surface area (TPSA) is 29.1 Å². The molecule has 0 bridgehead atoms. The van der Waals surface area contributed by atoms with Crippen LogP contribution in [0.1, 0.15) is 46.6 Å². The zero-order valence-electron chi connectivity index (χ0n) is 12.7. The zero-order valence-corrected chi connectivity index (χ0v) is 12.7. The first-order chi connectivity index (χ1) is 8.68. The van der Waals surface area contributed by atoms with Gasteiger partial charge in [-0.1, -0.05) is 51.1 Å². The van der Waals surface area contributed by atoms with E-state index in [-0.39, 0.29) is 16.9 Å². The van der Waals surface area contributed by atoms with E-state index in [1.807, 2.05) is 36.4 Å². The lowest BCUT2D eigenvalue weighted by molar-refractivity contribution is -0.118. The maximum atomic E-state index is 11.9. The predicted octanol–water partition coefficient (Wildman–Crippen LogP) is 4.03. The Morgan fingerprint density at radius 3 is 2.21 bits per heavy atom. The van der Waals surface area contributed by atoms with E-state index in [2.05, 4.69) is 39.9 Å². The van der Waals surface area contributed by atoms with E-state index in [9.17, 15) is 4.79 Å². The molecule has 0 aliphatic heterocycles. The fraction of sp³-hybridized carbons (Fsp3) is 0.471. The molecule has 0 aliphatic rings. The summed E-state index contributed by atoms with van der Waals surface area (Å²) in [5, 5.41) is 3.06. The summed E-state index contributed by atoms with van der Waals surface area (Å²) < 4.78 is 0. The van der Waals surface area contributed by atoms with Crippen LogP contribution >= 0.6 is 0 Å². The van der Waals surface area contributed by atoms with E-state index in [0.717, 1.165) is 12.0 Å². The maximum absolute atomic E-state index is 11.9. The molecule has 0 heterocycles. The lowest BCUT2D eigenvalue weighted by Crippen LogP contribution is -2.45. The van der Waals surface area contributed by atoms with Gasteiger partial charge in [0.25, 0.3) is 0 Å². The lowest BCUT2D eigenvalue weighted by atomic mass is 9.82. The van der Waals surface area contributed by atoms with Gasteiger partial charge in [-0.2, -0.15) is 0 Å². The Kier molecular flexibility index (Phi) is 4.93. The summed E-state index contributed by atoms with van der Waals surface area (Å²) in [4.78, 5) is 11.9. The van der Waals surface area contributed by atoms with Gasteiger partial charge in [-0.25, -0.2) is 0 Å². The van der Waals surface area contributed by atoms with Gasteiger partial charge in [0.1, 0.15) is 0 Å². The highest BCUT2D eigenvalue weighted by Gasteiger charge is 2.26. The van der Waals surface area contributed by atoms with Gasteiger partial charge in [-0.15, -0.1) is 0 Å². The van der Waals surface area contributed by atoms with Crippen LogP contribution in [0.15, 0.2) is 36.4 Å². The Balaban J connectivity index is 2.58. The van der Waals surface area contributed by atoms with Crippen LogP contribution in [0.2, 0.25) is 0 Å². The third kappa shape index (κ3) is 6.80. The lowest BCUT2D eigenvalue weighted by Gasteiger charge is -2.32. The molecule has 2 heteroatoms. The molecule has 104 valence electrons. The fourth-order valence-electron chi connectivity index (χ4n) is 2.48. The molecule has 0 radical (unpaired) electrons. The number of nitrogens with one attached hydrogen (secondary N) is 1. The Bertz CT molecular complexity index is 438. The first-order valence-corrected chi connectivity index (χ1v) is 6.73. The molecule has 1 N–H and O–H groups in total. The number of carbonyl (C=O) groups is 1. The smallest absolute Gasteiger partial charge is 0.244 e. The summed E-state index contributed by atoms with van der Waals surface area (Å²) in [5.74, 6) is -0.0434. The molecule has 0 aliphatic carbocycles. The van der Waals surface area contributed by atoms with Gasteiger partial charge in [-0.3, -0.25) is 4.79 Å². The first-order valence-electron chi connectivity index (χ1n) is 6.73. The molecule has 1 aromatic carbocycles. The van der Waals surface area contributed by atoms with Crippen LogP contribution in [0.5, 0.6) is 0 Å². The standard InChI is InChI=1S/C17H25NO/c1-16(2,3)13-17(4,5)18-15(19)12-11-14-9-7-6-8-10-14/h6-12H,13H2,1-5H3,(H,18,19)/b12-11+. The molecule has 0 unspecified atom stereocenters. The van der Waals surface area contributed by atoms with Crippen LogP contribution in [-0.2, 0) is 4.79 Å². The van der Waals surface area contributed by atoms with Gasteiger partial charge in [0.15, 0.2) is 0 Å². The van der Waals surface area contributed by atoms with E-state index >= 15 is 0 Å². The second-order valence-electron chi connectivity index (χ2n) is 6.85. The van der Waals surface area contributed by atoms with Crippen molar-refractivity contribution < 1.29 is 4.79 Å². The molecular formula is C17H25NO. The third-order valence-corrected chi connectivity index (χ3v) is 2.66.